The second kappa shape index (κ2) is 6.55. The fourth-order valence-electron chi connectivity index (χ4n) is 4.82. The van der Waals surface area contributed by atoms with E-state index in [4.69, 9.17) is 4.74 Å². The van der Waals surface area contributed by atoms with Gasteiger partial charge in [-0.2, -0.15) is 0 Å². The van der Waals surface area contributed by atoms with Crippen molar-refractivity contribution in [1.82, 2.24) is 24.3 Å². The summed E-state index contributed by atoms with van der Waals surface area (Å²) in [5.41, 5.74) is 1.74. The summed E-state index contributed by atoms with van der Waals surface area (Å²) < 4.78 is 8.00. The fourth-order valence-corrected chi connectivity index (χ4v) is 4.82. The van der Waals surface area contributed by atoms with Crippen LogP contribution in [0.3, 0.4) is 0 Å². The van der Waals surface area contributed by atoms with Gasteiger partial charge in [0.1, 0.15) is 17.7 Å². The average Bonchev–Trinajstić information content (AvgIpc) is 3.43. The van der Waals surface area contributed by atoms with Crippen LogP contribution in [-0.4, -0.2) is 75.0 Å². The number of hydrogen-bond acceptors (Lipinski definition) is 5. The zero-order chi connectivity index (χ0) is 19.3. The minimum Gasteiger partial charge on any atom is -0.361 e. The summed E-state index contributed by atoms with van der Waals surface area (Å²) in [6.07, 6.45) is 9.10. The maximum Gasteiger partial charge on any atom is 0.255 e. The average molecular weight is 383 g/mol. The van der Waals surface area contributed by atoms with Gasteiger partial charge < -0.3 is 19.1 Å². The molecule has 4 heterocycles. The molecule has 1 saturated carbocycles. The lowest BCUT2D eigenvalue weighted by molar-refractivity contribution is -0.158. The van der Waals surface area contributed by atoms with Gasteiger partial charge in [0, 0.05) is 25.8 Å². The Labute approximate surface area is 163 Å². The third-order valence-corrected chi connectivity index (χ3v) is 6.43. The summed E-state index contributed by atoms with van der Waals surface area (Å²) in [6, 6.07) is 2.32. The van der Waals surface area contributed by atoms with Gasteiger partial charge in [0.2, 0.25) is 5.91 Å². The number of pyridine rings is 1. The molecule has 3 aliphatic rings. The molecule has 1 atom stereocenters. The third kappa shape index (κ3) is 2.87. The van der Waals surface area contributed by atoms with E-state index in [1.807, 2.05) is 12.4 Å². The van der Waals surface area contributed by atoms with Crippen LogP contribution in [0.2, 0.25) is 0 Å². The summed E-state index contributed by atoms with van der Waals surface area (Å²) in [5, 5.41) is 0. The summed E-state index contributed by atoms with van der Waals surface area (Å²) in [4.78, 5) is 37.3. The maximum absolute atomic E-state index is 13.0. The van der Waals surface area contributed by atoms with E-state index in [-0.39, 0.29) is 18.4 Å². The number of imidazole rings is 1. The summed E-state index contributed by atoms with van der Waals surface area (Å²) in [7, 11) is 1.79. The van der Waals surface area contributed by atoms with Crippen LogP contribution in [0.15, 0.2) is 18.6 Å². The van der Waals surface area contributed by atoms with Crippen molar-refractivity contribution < 1.29 is 14.3 Å². The molecular formula is C20H25N5O3. The lowest BCUT2D eigenvalue weighted by atomic mass is 10.0. The molecule has 148 valence electrons. The number of nitrogens with zero attached hydrogens (tertiary/aromatic N) is 5. The molecule has 0 N–H and O–H groups in total. The van der Waals surface area contributed by atoms with E-state index in [1.54, 1.807) is 23.0 Å². The Morgan fingerprint density at radius 2 is 2.07 bits per heavy atom. The molecule has 5 rings (SSSR count). The molecule has 2 aliphatic heterocycles. The van der Waals surface area contributed by atoms with Gasteiger partial charge in [0.25, 0.3) is 5.91 Å². The first-order valence-corrected chi connectivity index (χ1v) is 10.0. The lowest BCUT2D eigenvalue weighted by Crippen LogP contribution is -2.54. The molecule has 0 bridgehead atoms. The maximum atomic E-state index is 13.0. The number of aromatic nitrogens is 3. The van der Waals surface area contributed by atoms with Crippen molar-refractivity contribution in [2.24, 2.45) is 0 Å². The number of likely N-dealkylation sites (N-methyl/N-ethyl adjacent to an activating group) is 1. The topological polar surface area (TPSA) is 80.6 Å². The highest BCUT2D eigenvalue weighted by Gasteiger charge is 2.45. The van der Waals surface area contributed by atoms with Crippen molar-refractivity contribution in [3.05, 3.63) is 24.2 Å². The monoisotopic (exact) mass is 383 g/mol. The van der Waals surface area contributed by atoms with Crippen molar-refractivity contribution in [3.8, 4) is 0 Å². The van der Waals surface area contributed by atoms with Crippen LogP contribution >= 0.6 is 0 Å². The smallest absolute Gasteiger partial charge is 0.255 e. The van der Waals surface area contributed by atoms with Crippen molar-refractivity contribution >= 4 is 23.0 Å². The van der Waals surface area contributed by atoms with Crippen LogP contribution < -0.4 is 0 Å². The summed E-state index contributed by atoms with van der Waals surface area (Å²) in [6.45, 7) is 1.73. The zero-order valence-corrected chi connectivity index (χ0v) is 16.1. The van der Waals surface area contributed by atoms with E-state index in [2.05, 4.69) is 14.5 Å². The molecule has 8 nitrogen and oxygen atoms in total. The minimum absolute atomic E-state index is 0.0112. The van der Waals surface area contributed by atoms with Gasteiger partial charge in [-0.25, -0.2) is 9.97 Å². The SMILES string of the molecule is CN1CC2(CCN(C(=O)c3cnc4c(c3)ncn4C3CCCC3)C2)OCC1=O. The number of likely N-dealkylation sites (tertiary alicyclic amines) is 1. The highest BCUT2D eigenvalue weighted by molar-refractivity contribution is 5.96. The van der Waals surface area contributed by atoms with Gasteiger partial charge in [-0.3, -0.25) is 9.59 Å². The van der Waals surface area contributed by atoms with Crippen LogP contribution in [-0.2, 0) is 9.53 Å². The van der Waals surface area contributed by atoms with Crippen molar-refractivity contribution in [2.45, 2.75) is 43.7 Å². The molecule has 3 fully saturated rings. The minimum atomic E-state index is -0.445. The van der Waals surface area contributed by atoms with Gasteiger partial charge in [-0.15, -0.1) is 0 Å². The summed E-state index contributed by atoms with van der Waals surface area (Å²) >= 11 is 0. The fraction of sp³-hybridized carbons (Fsp3) is 0.600. The van der Waals surface area contributed by atoms with Gasteiger partial charge in [-0.05, 0) is 25.3 Å². The quantitative estimate of drug-likeness (QED) is 0.787. The predicted molar refractivity (Wildman–Crippen MR) is 102 cm³/mol. The molecule has 2 amide bonds. The highest BCUT2D eigenvalue weighted by atomic mass is 16.5. The van der Waals surface area contributed by atoms with Crippen LogP contribution in [0.4, 0.5) is 0 Å². The molecule has 28 heavy (non-hydrogen) atoms. The van der Waals surface area contributed by atoms with Crippen molar-refractivity contribution in [3.63, 3.8) is 0 Å². The molecule has 1 aliphatic carbocycles. The molecule has 0 aromatic carbocycles. The van der Waals surface area contributed by atoms with E-state index in [9.17, 15) is 9.59 Å². The number of morpholine rings is 1. The van der Waals surface area contributed by atoms with E-state index >= 15 is 0 Å². The number of rotatable bonds is 2. The molecule has 2 aromatic rings. The second-order valence-electron chi connectivity index (χ2n) is 8.36. The van der Waals surface area contributed by atoms with Gasteiger partial charge in [0.15, 0.2) is 5.65 Å². The first-order valence-electron chi connectivity index (χ1n) is 10.0. The second-order valence-corrected chi connectivity index (χ2v) is 8.36. The van der Waals surface area contributed by atoms with E-state index in [0.717, 1.165) is 17.6 Å². The highest BCUT2D eigenvalue weighted by Crippen LogP contribution is 2.32. The number of ether oxygens (including phenoxy) is 1. The van der Waals surface area contributed by atoms with Crippen LogP contribution in [0.5, 0.6) is 0 Å². The van der Waals surface area contributed by atoms with Crippen LogP contribution in [0.1, 0.15) is 48.5 Å². The number of carbonyl (C=O) groups is 2. The van der Waals surface area contributed by atoms with E-state index < -0.39 is 5.60 Å². The molecular weight excluding hydrogens is 358 g/mol. The Morgan fingerprint density at radius 1 is 1.25 bits per heavy atom. The first-order chi connectivity index (χ1) is 13.5. The molecule has 1 unspecified atom stereocenters. The lowest BCUT2D eigenvalue weighted by Gasteiger charge is -2.38. The van der Waals surface area contributed by atoms with Crippen molar-refractivity contribution in [1.29, 1.82) is 0 Å². The van der Waals surface area contributed by atoms with E-state index in [1.165, 1.54) is 25.7 Å². The normalized spacial score (nSPS) is 26.1. The molecule has 0 radical (unpaired) electrons. The molecule has 2 aromatic heterocycles. The number of amides is 2. The first kappa shape index (κ1) is 17.6. The number of fused-ring (bicyclic) bond motifs is 1. The Hall–Kier alpha value is -2.48. The molecule has 1 spiro atoms. The predicted octanol–water partition coefficient (Wildman–Crippen LogP) is 1.62. The summed E-state index contributed by atoms with van der Waals surface area (Å²) in [5.74, 6) is -0.0623. The Morgan fingerprint density at radius 3 is 2.86 bits per heavy atom. The largest absolute Gasteiger partial charge is 0.361 e. The van der Waals surface area contributed by atoms with Gasteiger partial charge in [0.05, 0.1) is 25.0 Å². The van der Waals surface area contributed by atoms with Crippen LogP contribution in [0.25, 0.3) is 11.2 Å². The third-order valence-electron chi connectivity index (χ3n) is 6.43. The Bertz CT molecular complexity index is 935. The number of carbonyl (C=O) groups excluding carboxylic acids is 2. The van der Waals surface area contributed by atoms with Gasteiger partial charge >= 0.3 is 0 Å². The van der Waals surface area contributed by atoms with Crippen LogP contribution in [0, 0.1) is 0 Å². The standard InChI is InChI=1S/C20H25N5O3/c1-23-11-20(28-10-17(23)26)6-7-24(12-20)19(27)14-8-16-18(21-9-14)25(13-22-16)15-4-2-3-5-15/h8-9,13,15H,2-7,10-12H2,1H3. The Kier molecular flexibility index (Phi) is 4.12. The van der Waals surface area contributed by atoms with Crippen molar-refractivity contribution in [2.75, 3.05) is 33.3 Å². The number of hydrogen-bond donors (Lipinski definition) is 0. The zero-order valence-electron chi connectivity index (χ0n) is 16.1. The Balaban J connectivity index is 1.34. The molecule has 2 saturated heterocycles. The van der Waals surface area contributed by atoms with Gasteiger partial charge in [-0.1, -0.05) is 12.8 Å². The van der Waals surface area contributed by atoms with E-state index in [0.29, 0.717) is 31.2 Å². The molecule has 8 heteroatoms.